The first kappa shape index (κ1) is 18.6. The van der Waals surface area contributed by atoms with E-state index in [1.165, 1.54) is 0 Å². The summed E-state index contributed by atoms with van der Waals surface area (Å²) in [5.41, 5.74) is 0.435. The van der Waals surface area contributed by atoms with E-state index in [1.807, 2.05) is 19.1 Å². The van der Waals surface area contributed by atoms with Gasteiger partial charge in [-0.2, -0.15) is 28.2 Å². The van der Waals surface area contributed by atoms with Crippen molar-refractivity contribution in [1.29, 1.82) is 0 Å². The zero-order valence-electron chi connectivity index (χ0n) is 15.8. The van der Waals surface area contributed by atoms with Crippen LogP contribution in [0.25, 0.3) is 11.0 Å². The average molecular weight is 418 g/mol. The van der Waals surface area contributed by atoms with Crippen molar-refractivity contribution in [3.8, 4) is 0 Å². The van der Waals surface area contributed by atoms with Crippen LogP contribution < -0.4 is 15.5 Å². The third kappa shape index (κ3) is 3.17. The minimum Gasteiger partial charge on any atom is -0.341 e. The largest absolute Gasteiger partial charge is 0.471 e. The fourth-order valence-corrected chi connectivity index (χ4v) is 3.92. The number of carbonyl (C=O) groups excluding carboxylic acids is 1. The van der Waals surface area contributed by atoms with Gasteiger partial charge < -0.3 is 15.5 Å². The Morgan fingerprint density at radius 3 is 2.93 bits per heavy atom. The summed E-state index contributed by atoms with van der Waals surface area (Å²) in [6.45, 7) is 2.53. The quantitative estimate of drug-likeness (QED) is 0.595. The first-order valence-electron chi connectivity index (χ1n) is 9.30. The van der Waals surface area contributed by atoms with Crippen LogP contribution in [-0.4, -0.2) is 55.9 Å². The Morgan fingerprint density at radius 2 is 2.20 bits per heavy atom. The van der Waals surface area contributed by atoms with Gasteiger partial charge in [0.05, 0.1) is 10.9 Å². The lowest BCUT2D eigenvalue weighted by Crippen LogP contribution is -2.48. The zero-order valence-corrected chi connectivity index (χ0v) is 15.8. The molecule has 12 heteroatoms. The number of halogens is 3. The number of H-pyrrole nitrogens is 1. The summed E-state index contributed by atoms with van der Waals surface area (Å²) in [4.78, 5) is 26.5. The summed E-state index contributed by atoms with van der Waals surface area (Å²) in [6, 6.07) is 5.40. The molecule has 1 saturated heterocycles. The molecule has 1 amide bonds. The molecule has 2 atom stereocenters. The van der Waals surface area contributed by atoms with Gasteiger partial charge in [-0.3, -0.25) is 9.89 Å². The van der Waals surface area contributed by atoms with Gasteiger partial charge in [0, 0.05) is 37.0 Å². The van der Waals surface area contributed by atoms with Crippen LogP contribution in [0.2, 0.25) is 0 Å². The molecule has 3 N–H and O–H groups in total. The van der Waals surface area contributed by atoms with Gasteiger partial charge in [-0.1, -0.05) is 0 Å². The van der Waals surface area contributed by atoms with Crippen molar-refractivity contribution < 1.29 is 18.0 Å². The van der Waals surface area contributed by atoms with E-state index in [4.69, 9.17) is 0 Å². The molecular formula is C18H17F3N8O. The molecule has 3 aromatic heterocycles. The number of fused-ring (bicyclic) bond motifs is 2. The van der Waals surface area contributed by atoms with Gasteiger partial charge in [-0.15, -0.1) is 0 Å². The van der Waals surface area contributed by atoms with Gasteiger partial charge in [0.15, 0.2) is 11.5 Å². The minimum atomic E-state index is -4.91. The molecule has 156 valence electrons. The van der Waals surface area contributed by atoms with Crippen molar-refractivity contribution in [3.05, 3.63) is 30.1 Å². The summed E-state index contributed by atoms with van der Waals surface area (Å²) >= 11 is 0. The molecule has 9 nitrogen and oxygen atoms in total. The van der Waals surface area contributed by atoms with Crippen molar-refractivity contribution in [2.75, 3.05) is 23.3 Å². The maximum Gasteiger partial charge on any atom is 0.471 e. The summed E-state index contributed by atoms with van der Waals surface area (Å²) in [7, 11) is 0. The molecule has 1 saturated carbocycles. The Labute approximate surface area is 168 Å². The molecule has 0 bridgehead atoms. The van der Waals surface area contributed by atoms with Gasteiger partial charge in [0.1, 0.15) is 5.82 Å². The van der Waals surface area contributed by atoms with Crippen LogP contribution in [0.1, 0.15) is 12.1 Å². The summed E-state index contributed by atoms with van der Waals surface area (Å²) in [5, 5.41) is 13.0. The average Bonchev–Trinajstić information content (AvgIpc) is 3.00. The number of hydrogen-bond donors (Lipinski definition) is 3. The highest BCUT2D eigenvalue weighted by Gasteiger charge is 2.63. The van der Waals surface area contributed by atoms with Crippen molar-refractivity contribution in [1.82, 2.24) is 30.5 Å². The second kappa shape index (κ2) is 6.28. The molecule has 0 radical (unpaired) electrons. The van der Waals surface area contributed by atoms with E-state index in [-0.39, 0.29) is 12.5 Å². The van der Waals surface area contributed by atoms with E-state index < -0.39 is 17.6 Å². The van der Waals surface area contributed by atoms with Crippen molar-refractivity contribution in [2.45, 2.75) is 25.1 Å². The second-order valence-corrected chi connectivity index (χ2v) is 7.70. The third-order valence-electron chi connectivity index (χ3n) is 5.46. The van der Waals surface area contributed by atoms with Crippen LogP contribution in [0, 0.1) is 12.8 Å². The van der Waals surface area contributed by atoms with Crippen LogP contribution in [-0.2, 0) is 4.79 Å². The number of carbonyl (C=O) groups is 1. The van der Waals surface area contributed by atoms with E-state index >= 15 is 0 Å². The number of pyridine rings is 1. The molecule has 0 spiro atoms. The van der Waals surface area contributed by atoms with E-state index in [0.29, 0.717) is 41.6 Å². The number of amides is 1. The van der Waals surface area contributed by atoms with Gasteiger partial charge in [0.25, 0.3) is 0 Å². The molecule has 2 fully saturated rings. The van der Waals surface area contributed by atoms with Crippen molar-refractivity contribution in [3.63, 3.8) is 0 Å². The number of rotatable bonds is 4. The lowest BCUT2D eigenvalue weighted by Gasteiger charge is -2.23. The number of anilines is 3. The van der Waals surface area contributed by atoms with Gasteiger partial charge in [0.2, 0.25) is 5.95 Å². The first-order chi connectivity index (χ1) is 14.2. The van der Waals surface area contributed by atoms with E-state index in [2.05, 4.69) is 35.8 Å². The Hall–Kier alpha value is -3.44. The van der Waals surface area contributed by atoms with Crippen LogP contribution in [0.15, 0.2) is 24.4 Å². The van der Waals surface area contributed by atoms with Crippen LogP contribution in [0.3, 0.4) is 0 Å². The standard InChI is InChI=1S/C18H17F3N8O/c1-9-5-12(28-27-9)23-14-11-3-2-4-22-13(11)24-16(25-14)29-7-10-6-17(10,8-29)26-15(30)18(19,20)21/h2-5,10H,6-8H2,1H3,(H,26,30)(H2,22,23,24,25,27,28)/t10?,17-/m1/s1. The highest BCUT2D eigenvalue weighted by Crippen LogP contribution is 2.50. The molecular weight excluding hydrogens is 401 g/mol. The van der Waals surface area contributed by atoms with Crippen LogP contribution in [0.4, 0.5) is 30.8 Å². The Bertz CT molecular complexity index is 1150. The van der Waals surface area contributed by atoms with E-state index in [1.54, 1.807) is 17.2 Å². The smallest absolute Gasteiger partial charge is 0.341 e. The number of nitrogens with one attached hydrogen (secondary N) is 3. The SMILES string of the molecule is Cc1cc(Nc2nc(N3CC4C[C@@]4(NC(=O)C(F)(F)F)C3)nc3ncccc23)n[nH]1. The molecule has 2 aliphatic rings. The van der Waals surface area contributed by atoms with Crippen molar-refractivity contribution in [2.24, 2.45) is 5.92 Å². The second-order valence-electron chi connectivity index (χ2n) is 7.70. The van der Waals surface area contributed by atoms with Crippen LogP contribution >= 0.6 is 0 Å². The predicted molar refractivity (Wildman–Crippen MR) is 101 cm³/mol. The maximum atomic E-state index is 12.7. The highest BCUT2D eigenvalue weighted by atomic mass is 19.4. The number of alkyl halides is 3. The monoisotopic (exact) mass is 418 g/mol. The van der Waals surface area contributed by atoms with Gasteiger partial charge >= 0.3 is 12.1 Å². The summed E-state index contributed by atoms with van der Waals surface area (Å²) in [6.07, 6.45) is -2.79. The normalized spacial score (nSPS) is 22.8. The molecule has 5 rings (SSSR count). The number of hydrogen-bond acceptors (Lipinski definition) is 7. The Balaban J connectivity index is 1.43. The molecule has 0 aromatic carbocycles. The molecule has 3 aromatic rings. The fraction of sp³-hybridized carbons (Fsp3) is 0.389. The lowest BCUT2D eigenvalue weighted by atomic mass is 10.2. The number of aromatic amines is 1. The summed E-state index contributed by atoms with van der Waals surface area (Å²) in [5.74, 6) is -0.589. The zero-order chi connectivity index (χ0) is 21.1. The topological polar surface area (TPSA) is 112 Å². The van der Waals surface area contributed by atoms with E-state index in [9.17, 15) is 18.0 Å². The van der Waals surface area contributed by atoms with Gasteiger partial charge in [-0.25, -0.2) is 4.98 Å². The fourth-order valence-electron chi connectivity index (χ4n) is 3.92. The number of aryl methyl sites for hydroxylation is 1. The van der Waals surface area contributed by atoms with Crippen molar-refractivity contribution >= 4 is 34.5 Å². The number of nitrogens with zero attached hydrogens (tertiary/aromatic N) is 5. The highest BCUT2D eigenvalue weighted by molar-refractivity contribution is 5.89. The molecule has 1 aliphatic carbocycles. The Kier molecular flexibility index (Phi) is 3.89. The van der Waals surface area contributed by atoms with Crippen LogP contribution in [0.5, 0.6) is 0 Å². The summed E-state index contributed by atoms with van der Waals surface area (Å²) < 4.78 is 38.0. The molecule has 4 heterocycles. The van der Waals surface area contributed by atoms with Gasteiger partial charge in [-0.05, 0) is 25.5 Å². The third-order valence-corrected chi connectivity index (χ3v) is 5.46. The van der Waals surface area contributed by atoms with E-state index in [0.717, 1.165) is 5.69 Å². The predicted octanol–water partition coefficient (Wildman–Crippen LogP) is 2.06. The maximum absolute atomic E-state index is 12.7. The molecule has 1 unspecified atom stereocenters. The number of piperidine rings is 1. The minimum absolute atomic E-state index is 0.0720. The first-order valence-corrected chi connectivity index (χ1v) is 9.30. The lowest BCUT2D eigenvalue weighted by molar-refractivity contribution is -0.174. The molecule has 30 heavy (non-hydrogen) atoms. The number of aromatic nitrogens is 5. The molecule has 1 aliphatic heterocycles. The Morgan fingerprint density at radius 1 is 1.37 bits per heavy atom.